The van der Waals surface area contributed by atoms with E-state index in [0.29, 0.717) is 0 Å². The Hall–Kier alpha value is -1.88. The van der Waals surface area contributed by atoms with E-state index in [0.717, 1.165) is 50.1 Å². The van der Waals surface area contributed by atoms with E-state index in [1.165, 1.54) is 0 Å². The van der Waals surface area contributed by atoms with E-state index in [4.69, 9.17) is 9.84 Å². The minimum absolute atomic E-state index is 0.269. The van der Waals surface area contributed by atoms with Crippen LogP contribution in [0.1, 0.15) is 36.5 Å². The lowest BCUT2D eigenvalue weighted by atomic mass is 10.2. The van der Waals surface area contributed by atoms with Crippen LogP contribution in [0.5, 0.6) is 0 Å². The summed E-state index contributed by atoms with van der Waals surface area (Å²) in [5.41, 5.74) is 1.95. The molecule has 1 N–H and O–H groups in total. The Morgan fingerprint density at radius 1 is 1.35 bits per heavy atom. The van der Waals surface area contributed by atoms with E-state index >= 15 is 0 Å². The van der Waals surface area contributed by atoms with Crippen LogP contribution in [0.4, 0.5) is 0 Å². The molecule has 0 aliphatic carbocycles. The Morgan fingerprint density at radius 3 is 2.90 bits per heavy atom. The number of imidazole rings is 1. The molecule has 0 atom stereocenters. The van der Waals surface area contributed by atoms with Crippen LogP contribution in [0, 0.1) is 0 Å². The molecule has 2 rings (SSSR count). The van der Waals surface area contributed by atoms with Gasteiger partial charge in [-0.1, -0.05) is 13.3 Å². The Labute approximate surface area is 118 Å². The minimum Gasteiger partial charge on any atom is -0.478 e. The average Bonchev–Trinajstić information content (AvgIpc) is 2.85. The Kier molecular flexibility index (Phi) is 5.12. The number of carboxylic acids is 1. The number of carbonyl (C=O) groups is 1. The number of rotatable bonds is 8. The molecule has 0 spiro atoms. The fraction of sp³-hybridized carbons (Fsp3) is 0.467. The van der Waals surface area contributed by atoms with Gasteiger partial charge in [-0.25, -0.2) is 9.78 Å². The van der Waals surface area contributed by atoms with Crippen molar-refractivity contribution in [3.8, 4) is 0 Å². The zero-order valence-corrected chi connectivity index (χ0v) is 11.7. The van der Waals surface area contributed by atoms with Crippen molar-refractivity contribution in [3.63, 3.8) is 0 Å². The summed E-state index contributed by atoms with van der Waals surface area (Å²) in [5, 5.41) is 8.94. The molecule has 0 saturated heterocycles. The zero-order valence-electron chi connectivity index (χ0n) is 11.7. The summed E-state index contributed by atoms with van der Waals surface area (Å²) in [6.45, 7) is 4.54. The monoisotopic (exact) mass is 276 g/mol. The van der Waals surface area contributed by atoms with Crippen molar-refractivity contribution in [2.24, 2.45) is 0 Å². The number of nitrogens with zero attached hydrogens (tertiary/aromatic N) is 2. The van der Waals surface area contributed by atoms with E-state index in [1.807, 2.05) is 10.6 Å². The van der Waals surface area contributed by atoms with Crippen molar-refractivity contribution in [1.82, 2.24) is 9.55 Å². The Balaban J connectivity index is 1.92. The number of ether oxygens (including phenoxy) is 1. The average molecular weight is 276 g/mol. The molecule has 0 amide bonds. The number of hydrogen-bond acceptors (Lipinski definition) is 3. The molecule has 5 nitrogen and oxygen atoms in total. The van der Waals surface area contributed by atoms with Crippen LogP contribution in [0.25, 0.3) is 11.0 Å². The molecular formula is C15H20N2O3. The number of aromatic nitrogens is 2. The first-order chi connectivity index (χ1) is 9.72. The lowest BCUT2D eigenvalue weighted by Gasteiger charge is -2.05. The summed E-state index contributed by atoms with van der Waals surface area (Å²) >= 11 is 0. The molecule has 0 saturated carbocycles. The molecule has 1 aromatic heterocycles. The number of fused-ring (bicyclic) bond motifs is 1. The van der Waals surface area contributed by atoms with Gasteiger partial charge in [0.05, 0.1) is 22.9 Å². The van der Waals surface area contributed by atoms with Gasteiger partial charge in [-0.05, 0) is 31.0 Å². The highest BCUT2D eigenvalue weighted by Gasteiger charge is 2.07. The van der Waals surface area contributed by atoms with Gasteiger partial charge in [0.15, 0.2) is 0 Å². The summed E-state index contributed by atoms with van der Waals surface area (Å²) < 4.78 is 7.56. The lowest BCUT2D eigenvalue weighted by molar-refractivity contribution is 0.0697. The van der Waals surface area contributed by atoms with Gasteiger partial charge in [-0.15, -0.1) is 0 Å². The number of unbranched alkanes of at least 4 members (excludes halogenated alkanes) is 1. The fourth-order valence-electron chi connectivity index (χ4n) is 2.06. The van der Waals surface area contributed by atoms with Gasteiger partial charge in [0, 0.05) is 19.8 Å². The molecule has 20 heavy (non-hydrogen) atoms. The number of hydrogen-bond donors (Lipinski definition) is 1. The molecule has 2 aromatic rings. The van der Waals surface area contributed by atoms with E-state index in [9.17, 15) is 4.79 Å². The summed E-state index contributed by atoms with van der Waals surface area (Å²) in [5.74, 6) is -0.925. The van der Waals surface area contributed by atoms with Gasteiger partial charge < -0.3 is 14.4 Å². The smallest absolute Gasteiger partial charge is 0.335 e. The van der Waals surface area contributed by atoms with Gasteiger partial charge in [0.25, 0.3) is 0 Å². The topological polar surface area (TPSA) is 64.4 Å². The minimum atomic E-state index is -0.925. The second-order valence-corrected chi connectivity index (χ2v) is 4.77. The van der Waals surface area contributed by atoms with Crippen molar-refractivity contribution in [2.45, 2.75) is 32.7 Å². The molecule has 1 aromatic carbocycles. The number of aromatic carboxylic acids is 1. The lowest BCUT2D eigenvalue weighted by Crippen LogP contribution is -2.03. The normalized spacial score (nSPS) is 11.1. The maximum atomic E-state index is 10.9. The maximum absolute atomic E-state index is 10.9. The standard InChI is InChI=1S/C15H20N2O3/c1-2-3-8-20-9-4-7-17-11-16-13-10-12(15(18)19)5-6-14(13)17/h5-6,10-11H,2-4,7-9H2,1H3,(H,18,19). The molecule has 0 bridgehead atoms. The summed E-state index contributed by atoms with van der Waals surface area (Å²) in [6.07, 6.45) is 4.93. The third kappa shape index (κ3) is 3.57. The first-order valence-corrected chi connectivity index (χ1v) is 6.98. The second-order valence-electron chi connectivity index (χ2n) is 4.77. The van der Waals surface area contributed by atoms with Crippen molar-refractivity contribution in [3.05, 3.63) is 30.1 Å². The Morgan fingerprint density at radius 2 is 2.15 bits per heavy atom. The predicted octanol–water partition coefficient (Wildman–Crippen LogP) is 2.94. The molecule has 0 unspecified atom stereocenters. The molecule has 0 fully saturated rings. The van der Waals surface area contributed by atoms with E-state index in [1.54, 1.807) is 18.5 Å². The highest BCUT2D eigenvalue weighted by molar-refractivity contribution is 5.92. The van der Waals surface area contributed by atoms with Crippen molar-refractivity contribution in [2.75, 3.05) is 13.2 Å². The number of carboxylic acid groups (broad SMARTS) is 1. The van der Waals surface area contributed by atoms with E-state index in [2.05, 4.69) is 11.9 Å². The second kappa shape index (κ2) is 7.05. The predicted molar refractivity (Wildman–Crippen MR) is 77.0 cm³/mol. The molecule has 0 aliphatic rings. The van der Waals surface area contributed by atoms with Gasteiger partial charge in [0.2, 0.25) is 0 Å². The van der Waals surface area contributed by atoms with Crippen LogP contribution in [0.2, 0.25) is 0 Å². The molecule has 108 valence electrons. The third-order valence-corrected chi connectivity index (χ3v) is 3.20. The summed E-state index contributed by atoms with van der Waals surface area (Å²) in [6, 6.07) is 5.02. The van der Waals surface area contributed by atoms with Gasteiger partial charge in [-0.3, -0.25) is 0 Å². The van der Waals surface area contributed by atoms with Crippen LogP contribution in [0.15, 0.2) is 24.5 Å². The van der Waals surface area contributed by atoms with Crippen LogP contribution in [0.3, 0.4) is 0 Å². The van der Waals surface area contributed by atoms with Crippen LogP contribution in [-0.4, -0.2) is 33.8 Å². The molecule has 0 aliphatic heterocycles. The van der Waals surface area contributed by atoms with Crippen molar-refractivity contribution < 1.29 is 14.6 Å². The van der Waals surface area contributed by atoms with E-state index < -0.39 is 5.97 Å². The largest absolute Gasteiger partial charge is 0.478 e. The maximum Gasteiger partial charge on any atom is 0.335 e. The van der Waals surface area contributed by atoms with Crippen LogP contribution >= 0.6 is 0 Å². The van der Waals surface area contributed by atoms with Crippen LogP contribution in [-0.2, 0) is 11.3 Å². The summed E-state index contributed by atoms with van der Waals surface area (Å²) in [7, 11) is 0. The Bertz CT molecular complexity index is 578. The highest BCUT2D eigenvalue weighted by Crippen LogP contribution is 2.15. The first kappa shape index (κ1) is 14.5. The first-order valence-electron chi connectivity index (χ1n) is 6.98. The molecule has 1 heterocycles. The third-order valence-electron chi connectivity index (χ3n) is 3.20. The van der Waals surface area contributed by atoms with Gasteiger partial charge in [0.1, 0.15) is 0 Å². The van der Waals surface area contributed by atoms with Crippen molar-refractivity contribution in [1.29, 1.82) is 0 Å². The van der Waals surface area contributed by atoms with Gasteiger partial charge in [-0.2, -0.15) is 0 Å². The van der Waals surface area contributed by atoms with Crippen LogP contribution < -0.4 is 0 Å². The zero-order chi connectivity index (χ0) is 14.4. The number of aryl methyl sites for hydroxylation is 1. The molecular weight excluding hydrogens is 256 g/mol. The molecule has 0 radical (unpaired) electrons. The highest BCUT2D eigenvalue weighted by atomic mass is 16.5. The quantitative estimate of drug-likeness (QED) is 0.753. The van der Waals surface area contributed by atoms with E-state index in [-0.39, 0.29) is 5.56 Å². The fourth-order valence-corrected chi connectivity index (χ4v) is 2.06. The summed E-state index contributed by atoms with van der Waals surface area (Å²) in [4.78, 5) is 15.1. The molecule has 5 heteroatoms. The SMILES string of the molecule is CCCCOCCCn1cnc2cc(C(=O)O)ccc21. The van der Waals surface area contributed by atoms with Crippen molar-refractivity contribution >= 4 is 17.0 Å². The number of benzene rings is 1. The van der Waals surface area contributed by atoms with Gasteiger partial charge >= 0.3 is 5.97 Å².